The molecule has 1 aliphatic carbocycles. The van der Waals surface area contributed by atoms with Gasteiger partial charge in [0.2, 0.25) is 0 Å². The molecule has 3 heterocycles. The zero-order chi connectivity index (χ0) is 23.8. The summed E-state index contributed by atoms with van der Waals surface area (Å²) in [6.45, 7) is 1.47. The molecule has 2 fully saturated rings. The largest absolute Gasteiger partial charge is 0.481 e. The minimum atomic E-state index is -0.824. The number of aryl methyl sites for hydroxylation is 1. The van der Waals surface area contributed by atoms with Crippen LogP contribution >= 0.6 is 11.8 Å². The number of aliphatic carboxylic acids is 1. The Labute approximate surface area is 205 Å². The molecule has 1 saturated carbocycles. The van der Waals surface area contributed by atoms with E-state index >= 15 is 0 Å². The van der Waals surface area contributed by atoms with Gasteiger partial charge in [-0.3, -0.25) is 14.6 Å². The van der Waals surface area contributed by atoms with Crippen molar-refractivity contribution in [1.29, 1.82) is 0 Å². The predicted molar refractivity (Wildman–Crippen MR) is 133 cm³/mol. The number of carboxylic acid groups (broad SMARTS) is 1. The molecule has 0 unspecified atom stereocenters. The van der Waals surface area contributed by atoms with Crippen LogP contribution in [0.5, 0.6) is 0 Å². The first-order chi connectivity index (χ1) is 16.6. The first-order valence-corrected chi connectivity index (χ1v) is 13.3. The van der Waals surface area contributed by atoms with Gasteiger partial charge in [0.15, 0.2) is 0 Å². The highest BCUT2D eigenvalue weighted by molar-refractivity contribution is 7.99. The SMILES string of the molecule is O=C(O)C[C@@]1(c2ccc(C(=O)NC3CCCCC3)c(SCCc3cccnc3)n2)CCCNC1. The molecule has 3 N–H and O–H groups in total. The van der Waals surface area contributed by atoms with Crippen LogP contribution in [-0.4, -0.2) is 51.8 Å². The van der Waals surface area contributed by atoms with Gasteiger partial charge < -0.3 is 15.7 Å². The number of thioether (sulfide) groups is 1. The van der Waals surface area contributed by atoms with Crippen LogP contribution in [-0.2, 0) is 16.6 Å². The average Bonchev–Trinajstić information content (AvgIpc) is 2.85. The number of nitrogens with one attached hydrogen (secondary N) is 2. The van der Waals surface area contributed by atoms with Crippen LogP contribution < -0.4 is 10.6 Å². The zero-order valence-electron chi connectivity index (χ0n) is 19.6. The van der Waals surface area contributed by atoms with E-state index in [1.807, 2.05) is 30.5 Å². The highest BCUT2D eigenvalue weighted by atomic mass is 32.2. The maximum Gasteiger partial charge on any atom is 0.304 e. The molecule has 4 rings (SSSR count). The topological polar surface area (TPSA) is 104 Å². The summed E-state index contributed by atoms with van der Waals surface area (Å²) in [7, 11) is 0. The minimum absolute atomic E-state index is 0.0282. The molecule has 1 saturated heterocycles. The number of carbonyl (C=O) groups is 2. The molecule has 0 bridgehead atoms. The van der Waals surface area contributed by atoms with Gasteiger partial charge in [0, 0.05) is 41.8 Å². The van der Waals surface area contributed by atoms with Gasteiger partial charge >= 0.3 is 5.97 Å². The number of piperidine rings is 1. The first-order valence-electron chi connectivity index (χ1n) is 12.3. The molecule has 0 spiro atoms. The first kappa shape index (κ1) is 24.7. The monoisotopic (exact) mass is 482 g/mol. The summed E-state index contributed by atoms with van der Waals surface area (Å²) in [6.07, 6.45) is 11.7. The smallest absolute Gasteiger partial charge is 0.304 e. The van der Waals surface area contributed by atoms with E-state index < -0.39 is 11.4 Å². The summed E-state index contributed by atoms with van der Waals surface area (Å²) in [5, 5.41) is 16.9. The normalized spacial score (nSPS) is 21.2. The number of pyridine rings is 2. The maximum absolute atomic E-state index is 13.2. The lowest BCUT2D eigenvalue weighted by molar-refractivity contribution is -0.138. The number of carboxylic acids is 1. The molecule has 2 aromatic heterocycles. The Morgan fingerprint density at radius 1 is 1.18 bits per heavy atom. The lowest BCUT2D eigenvalue weighted by atomic mass is 9.74. The Hall–Kier alpha value is -2.45. The van der Waals surface area contributed by atoms with Gasteiger partial charge in [-0.15, -0.1) is 11.8 Å². The van der Waals surface area contributed by atoms with E-state index in [2.05, 4.69) is 15.6 Å². The third-order valence-electron chi connectivity index (χ3n) is 6.90. The van der Waals surface area contributed by atoms with Crippen molar-refractivity contribution in [2.75, 3.05) is 18.8 Å². The summed E-state index contributed by atoms with van der Waals surface area (Å²) in [6, 6.07) is 7.91. The van der Waals surface area contributed by atoms with Gasteiger partial charge in [0.05, 0.1) is 12.0 Å². The number of amides is 1. The molecule has 34 heavy (non-hydrogen) atoms. The Morgan fingerprint density at radius 2 is 2.03 bits per heavy atom. The molecule has 0 aromatic carbocycles. The number of nitrogens with zero attached hydrogens (tertiary/aromatic N) is 2. The van der Waals surface area contributed by atoms with Gasteiger partial charge in [-0.05, 0) is 62.4 Å². The molecule has 1 amide bonds. The van der Waals surface area contributed by atoms with Crippen molar-refractivity contribution in [3.05, 3.63) is 53.5 Å². The standard InChI is InChI=1S/C26H34N4O3S/c31-23(32)16-26(12-5-14-28-18-26)22-10-9-21(24(33)29-20-7-2-1-3-8-20)25(30-22)34-15-11-19-6-4-13-27-17-19/h4,6,9-10,13,17,20,28H,1-3,5,7-8,11-12,14-16,18H2,(H,29,33)(H,31,32)/t26-/m0/s1. The quantitative estimate of drug-likeness (QED) is 0.465. The van der Waals surface area contributed by atoms with E-state index in [9.17, 15) is 14.7 Å². The Morgan fingerprint density at radius 3 is 2.74 bits per heavy atom. The fourth-order valence-electron chi connectivity index (χ4n) is 5.06. The summed E-state index contributed by atoms with van der Waals surface area (Å²) in [5.41, 5.74) is 1.93. The molecule has 182 valence electrons. The predicted octanol–water partition coefficient (Wildman–Crippen LogP) is 3.97. The molecule has 2 aliphatic rings. The number of hydrogen-bond acceptors (Lipinski definition) is 6. The Kier molecular flexibility index (Phi) is 8.56. The van der Waals surface area contributed by atoms with Crippen LogP contribution in [0.15, 0.2) is 41.7 Å². The second-order valence-electron chi connectivity index (χ2n) is 9.45. The van der Waals surface area contributed by atoms with Crippen molar-refractivity contribution < 1.29 is 14.7 Å². The van der Waals surface area contributed by atoms with Crippen molar-refractivity contribution in [2.24, 2.45) is 0 Å². The molecule has 2 aromatic rings. The van der Waals surface area contributed by atoms with E-state index in [4.69, 9.17) is 4.98 Å². The third-order valence-corrected chi connectivity index (χ3v) is 7.90. The van der Waals surface area contributed by atoms with Crippen LogP contribution in [0.3, 0.4) is 0 Å². The summed E-state index contributed by atoms with van der Waals surface area (Å²) >= 11 is 1.56. The van der Waals surface area contributed by atoms with Crippen molar-refractivity contribution >= 4 is 23.6 Å². The summed E-state index contributed by atoms with van der Waals surface area (Å²) < 4.78 is 0. The number of aromatic nitrogens is 2. The lowest BCUT2D eigenvalue weighted by Gasteiger charge is -2.36. The van der Waals surface area contributed by atoms with Crippen molar-refractivity contribution in [1.82, 2.24) is 20.6 Å². The molecule has 0 radical (unpaired) electrons. The third kappa shape index (κ3) is 6.36. The fourth-order valence-corrected chi connectivity index (χ4v) is 6.07. The number of hydrogen-bond donors (Lipinski definition) is 3. The molecular formula is C26H34N4O3S. The van der Waals surface area contributed by atoms with E-state index in [1.165, 1.54) is 6.42 Å². The van der Waals surface area contributed by atoms with E-state index in [0.29, 0.717) is 17.1 Å². The molecule has 7 nitrogen and oxygen atoms in total. The van der Waals surface area contributed by atoms with Crippen LogP contribution in [0.4, 0.5) is 0 Å². The second-order valence-corrected chi connectivity index (χ2v) is 10.5. The second kappa shape index (κ2) is 11.8. The molecule has 1 aliphatic heterocycles. The van der Waals surface area contributed by atoms with Gasteiger partial charge in [0.1, 0.15) is 5.03 Å². The van der Waals surface area contributed by atoms with E-state index in [-0.39, 0.29) is 18.4 Å². The van der Waals surface area contributed by atoms with Gasteiger partial charge in [0.25, 0.3) is 5.91 Å². The summed E-state index contributed by atoms with van der Waals surface area (Å²) in [4.78, 5) is 34.1. The Balaban J connectivity index is 1.58. The highest BCUT2D eigenvalue weighted by Gasteiger charge is 2.38. The Bertz CT molecular complexity index is 973. The van der Waals surface area contributed by atoms with E-state index in [0.717, 1.165) is 68.5 Å². The zero-order valence-corrected chi connectivity index (χ0v) is 20.4. The highest BCUT2D eigenvalue weighted by Crippen LogP contribution is 2.36. The van der Waals surface area contributed by atoms with Crippen LogP contribution in [0.2, 0.25) is 0 Å². The molecule has 1 atom stereocenters. The lowest BCUT2D eigenvalue weighted by Crippen LogP contribution is -2.45. The van der Waals surface area contributed by atoms with Gasteiger partial charge in [-0.2, -0.15) is 0 Å². The molecule has 8 heteroatoms. The van der Waals surface area contributed by atoms with Gasteiger partial charge in [-0.25, -0.2) is 4.98 Å². The summed E-state index contributed by atoms with van der Waals surface area (Å²) in [5.74, 6) is -0.143. The maximum atomic E-state index is 13.2. The fraction of sp³-hybridized carbons (Fsp3) is 0.538. The van der Waals surface area contributed by atoms with Crippen LogP contribution in [0.25, 0.3) is 0 Å². The number of rotatable bonds is 9. The minimum Gasteiger partial charge on any atom is -0.481 e. The molecular weight excluding hydrogens is 448 g/mol. The van der Waals surface area contributed by atoms with Crippen molar-refractivity contribution in [2.45, 2.75) is 74.3 Å². The average molecular weight is 483 g/mol. The van der Waals surface area contributed by atoms with Crippen LogP contribution in [0, 0.1) is 0 Å². The van der Waals surface area contributed by atoms with Crippen LogP contribution in [0.1, 0.15) is 73.0 Å². The van der Waals surface area contributed by atoms with E-state index in [1.54, 1.807) is 18.0 Å². The van der Waals surface area contributed by atoms with Crippen molar-refractivity contribution in [3.63, 3.8) is 0 Å². The van der Waals surface area contributed by atoms with Crippen molar-refractivity contribution in [3.8, 4) is 0 Å². The van der Waals surface area contributed by atoms with Gasteiger partial charge in [-0.1, -0.05) is 25.3 Å². The number of carbonyl (C=O) groups excluding carboxylic acids is 1.